The van der Waals surface area contributed by atoms with Crippen LogP contribution in [0, 0.1) is 36.5 Å². The molecule has 1 aromatic rings. The molecule has 168 valence electrons. The largest absolute Gasteiger partial charge is 0.459 e. The van der Waals surface area contributed by atoms with E-state index >= 15 is 0 Å². The van der Waals surface area contributed by atoms with Crippen molar-refractivity contribution < 1.29 is 9.53 Å². The Labute approximate surface area is 189 Å². The van der Waals surface area contributed by atoms with Gasteiger partial charge in [0.2, 0.25) is 0 Å². The molecule has 2 saturated carbocycles. The quantitative estimate of drug-likeness (QED) is 0.257. The Morgan fingerprint density at radius 3 is 2.39 bits per heavy atom. The van der Waals surface area contributed by atoms with E-state index in [0.29, 0.717) is 11.5 Å². The van der Waals surface area contributed by atoms with Gasteiger partial charge in [0.1, 0.15) is 6.10 Å². The van der Waals surface area contributed by atoms with Crippen LogP contribution in [0.15, 0.2) is 36.4 Å². The first-order chi connectivity index (χ1) is 15.1. The predicted octanol–water partition coefficient (Wildman–Crippen LogP) is 7.66. The molecule has 0 bridgehead atoms. The first-order valence-electron chi connectivity index (χ1n) is 12.6. The molecule has 0 spiro atoms. The van der Waals surface area contributed by atoms with Crippen LogP contribution >= 0.6 is 0 Å². The van der Waals surface area contributed by atoms with Crippen LogP contribution in [0.3, 0.4) is 0 Å². The maximum Gasteiger partial charge on any atom is 0.338 e. The molecule has 0 aromatic heterocycles. The molecule has 0 N–H and O–H groups in total. The summed E-state index contributed by atoms with van der Waals surface area (Å²) in [5.74, 6) is 8.68. The second kappa shape index (κ2) is 12.7. The molecule has 2 fully saturated rings. The van der Waals surface area contributed by atoms with Crippen molar-refractivity contribution in [3.8, 4) is 11.8 Å². The lowest BCUT2D eigenvalue weighted by Gasteiger charge is -2.26. The highest BCUT2D eigenvalue weighted by atomic mass is 16.5. The lowest BCUT2D eigenvalue weighted by Crippen LogP contribution is -2.24. The number of carbonyl (C=O) groups excluding carboxylic acids is 1. The fourth-order valence-electron chi connectivity index (χ4n) is 4.94. The van der Waals surface area contributed by atoms with Gasteiger partial charge in [-0.1, -0.05) is 68.2 Å². The Morgan fingerprint density at radius 1 is 1.00 bits per heavy atom. The van der Waals surface area contributed by atoms with E-state index in [2.05, 4.69) is 30.9 Å². The van der Waals surface area contributed by atoms with Crippen molar-refractivity contribution in [3.63, 3.8) is 0 Å². The summed E-state index contributed by atoms with van der Waals surface area (Å²) >= 11 is 0. The number of benzene rings is 1. The van der Waals surface area contributed by atoms with Gasteiger partial charge in [-0.25, -0.2) is 4.79 Å². The second-order valence-corrected chi connectivity index (χ2v) is 9.67. The highest BCUT2D eigenvalue weighted by Crippen LogP contribution is 2.32. The lowest BCUT2D eigenvalue weighted by molar-refractivity contribution is 0.0188. The van der Waals surface area contributed by atoms with Gasteiger partial charge in [0, 0.05) is 5.92 Å². The number of ether oxygens (including phenoxy) is 1. The Kier molecular flexibility index (Phi) is 9.73. The average molecular weight is 421 g/mol. The molecule has 2 aliphatic rings. The zero-order chi connectivity index (χ0) is 21.9. The van der Waals surface area contributed by atoms with Crippen molar-refractivity contribution in [1.29, 1.82) is 0 Å². The fraction of sp³-hybridized carbons (Fsp3) is 0.621. The number of carbonyl (C=O) groups is 1. The first-order valence-corrected chi connectivity index (χ1v) is 12.6. The number of allylic oxidation sites excluding steroid dienone is 2. The Balaban J connectivity index is 1.32. The first kappa shape index (κ1) is 23.6. The van der Waals surface area contributed by atoms with Gasteiger partial charge in [0.05, 0.1) is 5.56 Å². The highest BCUT2D eigenvalue weighted by Gasteiger charge is 2.23. The van der Waals surface area contributed by atoms with E-state index in [1.807, 2.05) is 31.2 Å². The molecule has 2 heteroatoms. The zero-order valence-corrected chi connectivity index (χ0v) is 19.6. The van der Waals surface area contributed by atoms with Gasteiger partial charge in [-0.05, 0) is 88.3 Å². The minimum absolute atomic E-state index is 0.0370. The van der Waals surface area contributed by atoms with E-state index in [0.717, 1.165) is 43.1 Å². The van der Waals surface area contributed by atoms with E-state index in [4.69, 9.17) is 4.74 Å². The van der Waals surface area contributed by atoms with E-state index < -0.39 is 0 Å². The van der Waals surface area contributed by atoms with Crippen LogP contribution in [0.4, 0.5) is 0 Å². The van der Waals surface area contributed by atoms with Crippen LogP contribution in [-0.4, -0.2) is 12.1 Å². The van der Waals surface area contributed by atoms with Gasteiger partial charge in [0.25, 0.3) is 0 Å². The SMILES string of the molecule is CCCCC[C@H]1CC[C@H](/C=C/C#C[C@H]2CC[C@H](OC(=O)c3ccc(C)cc3)CC2)CC1. The smallest absolute Gasteiger partial charge is 0.338 e. The van der Waals surface area contributed by atoms with Gasteiger partial charge in [-0.2, -0.15) is 0 Å². The van der Waals surface area contributed by atoms with E-state index in [9.17, 15) is 4.79 Å². The van der Waals surface area contributed by atoms with Crippen LogP contribution in [0.1, 0.15) is 99.9 Å². The predicted molar refractivity (Wildman–Crippen MR) is 129 cm³/mol. The van der Waals surface area contributed by atoms with Crippen molar-refractivity contribution in [1.82, 2.24) is 0 Å². The number of hydrogen-bond acceptors (Lipinski definition) is 2. The summed E-state index contributed by atoms with van der Waals surface area (Å²) in [6, 6.07) is 7.60. The van der Waals surface area contributed by atoms with Crippen LogP contribution in [-0.2, 0) is 4.74 Å². The summed E-state index contributed by atoms with van der Waals surface area (Å²) in [7, 11) is 0. The standard InChI is InChI=1S/C29H40O2/c1-3-4-5-8-24-13-15-25(16-14-24)9-6-7-10-26-17-21-28(22-18-26)31-29(30)27-19-11-23(2)12-20-27/h6,9,11-12,19-20,24-26,28H,3-5,8,13-18,21-22H2,1-2H3/b9-6+/t24-,25-,26-,28-. The number of hydrogen-bond donors (Lipinski definition) is 0. The molecule has 0 amide bonds. The normalized spacial score (nSPS) is 26.3. The highest BCUT2D eigenvalue weighted by molar-refractivity contribution is 5.89. The van der Waals surface area contributed by atoms with Crippen molar-refractivity contribution >= 4 is 5.97 Å². The number of aryl methyl sites for hydroxylation is 1. The summed E-state index contributed by atoms with van der Waals surface area (Å²) in [6.07, 6.45) is 19.4. The second-order valence-electron chi connectivity index (χ2n) is 9.67. The fourth-order valence-corrected chi connectivity index (χ4v) is 4.94. The lowest BCUT2D eigenvalue weighted by atomic mass is 9.79. The topological polar surface area (TPSA) is 26.3 Å². The molecule has 1 aromatic carbocycles. The molecule has 0 radical (unpaired) electrons. The van der Waals surface area contributed by atoms with E-state index in [-0.39, 0.29) is 12.1 Å². The molecule has 2 nitrogen and oxygen atoms in total. The third-order valence-electron chi connectivity index (χ3n) is 7.08. The van der Waals surface area contributed by atoms with Gasteiger partial charge >= 0.3 is 5.97 Å². The van der Waals surface area contributed by atoms with Crippen molar-refractivity contribution in [2.75, 3.05) is 0 Å². The van der Waals surface area contributed by atoms with Crippen molar-refractivity contribution in [2.24, 2.45) is 17.8 Å². The summed E-state index contributed by atoms with van der Waals surface area (Å²) in [6.45, 7) is 4.31. The van der Waals surface area contributed by atoms with Gasteiger partial charge in [-0.3, -0.25) is 0 Å². The maximum absolute atomic E-state index is 12.3. The average Bonchev–Trinajstić information content (AvgIpc) is 2.79. The summed E-state index contributed by atoms with van der Waals surface area (Å²) in [4.78, 5) is 12.3. The van der Waals surface area contributed by atoms with Crippen LogP contribution in [0.25, 0.3) is 0 Å². The van der Waals surface area contributed by atoms with E-state index in [1.54, 1.807) is 0 Å². The maximum atomic E-state index is 12.3. The van der Waals surface area contributed by atoms with Gasteiger partial charge < -0.3 is 4.74 Å². The number of unbranched alkanes of at least 4 members (excludes halogenated alkanes) is 2. The molecule has 2 aliphatic carbocycles. The van der Waals surface area contributed by atoms with Crippen LogP contribution < -0.4 is 0 Å². The summed E-state index contributed by atoms with van der Waals surface area (Å²) in [5.41, 5.74) is 1.80. The third kappa shape index (κ3) is 8.21. The number of esters is 1. The Hall–Kier alpha value is -2.01. The molecule has 0 aliphatic heterocycles. The van der Waals surface area contributed by atoms with Gasteiger partial charge in [-0.15, -0.1) is 0 Å². The molecule has 0 atom stereocenters. The van der Waals surface area contributed by atoms with Gasteiger partial charge in [0.15, 0.2) is 0 Å². The minimum atomic E-state index is -0.197. The van der Waals surface area contributed by atoms with Crippen molar-refractivity contribution in [2.45, 2.75) is 97.0 Å². The Morgan fingerprint density at radius 2 is 1.71 bits per heavy atom. The third-order valence-corrected chi connectivity index (χ3v) is 7.08. The molecule has 0 saturated heterocycles. The molecule has 31 heavy (non-hydrogen) atoms. The molecule has 3 rings (SSSR count). The monoisotopic (exact) mass is 420 g/mol. The van der Waals surface area contributed by atoms with E-state index in [1.165, 1.54) is 51.4 Å². The van der Waals surface area contributed by atoms with Crippen LogP contribution in [0.2, 0.25) is 0 Å². The molecular weight excluding hydrogens is 380 g/mol. The number of rotatable bonds is 7. The summed E-state index contributed by atoms with van der Waals surface area (Å²) in [5, 5.41) is 0. The minimum Gasteiger partial charge on any atom is -0.459 e. The van der Waals surface area contributed by atoms with Crippen molar-refractivity contribution in [3.05, 3.63) is 47.5 Å². The molecular formula is C29H40O2. The van der Waals surface area contributed by atoms with Crippen LogP contribution in [0.5, 0.6) is 0 Å². The zero-order valence-electron chi connectivity index (χ0n) is 19.6. The molecule has 0 heterocycles. The molecule has 0 unspecified atom stereocenters. The summed E-state index contributed by atoms with van der Waals surface area (Å²) < 4.78 is 5.71. The Bertz CT molecular complexity index is 748.